The van der Waals surface area contributed by atoms with E-state index in [0.29, 0.717) is 53.4 Å². The van der Waals surface area contributed by atoms with Crippen molar-refractivity contribution in [2.24, 2.45) is 58.0 Å². The molecule has 0 heterocycles. The maximum atomic E-state index is 11.8. The van der Waals surface area contributed by atoms with Crippen LogP contribution >= 0.6 is 0 Å². The Labute approximate surface area is 288 Å². The first kappa shape index (κ1) is 39.5. The van der Waals surface area contributed by atoms with Crippen LogP contribution < -0.4 is 21.7 Å². The Morgan fingerprint density at radius 1 is 0.830 bits per heavy atom. The fraction of sp³-hybridized carbons (Fsp3) is 1.00. The summed E-state index contributed by atoms with van der Waals surface area (Å²) in [5, 5.41) is 22.8. The normalized spacial score (nSPS) is 36.9. The van der Waals surface area contributed by atoms with Gasteiger partial charge in [-0.1, -0.05) is 34.6 Å². The Morgan fingerprint density at radius 2 is 1.47 bits per heavy atom. The third kappa shape index (κ3) is 10.1. The zero-order valence-corrected chi connectivity index (χ0v) is 31.3. The van der Waals surface area contributed by atoms with Gasteiger partial charge in [0.15, 0.2) is 0 Å². The zero-order chi connectivity index (χ0) is 34.2. The summed E-state index contributed by atoms with van der Waals surface area (Å²) in [6.07, 6.45) is 15.0. The van der Waals surface area contributed by atoms with Crippen LogP contribution in [0.5, 0.6) is 0 Å². The highest BCUT2D eigenvalue weighted by molar-refractivity contribution is 7.80. The van der Waals surface area contributed by atoms with Crippen LogP contribution in [0.4, 0.5) is 0 Å². The molecule has 4 rings (SSSR count). The lowest BCUT2D eigenvalue weighted by atomic mass is 9.43. The van der Waals surface area contributed by atoms with Crippen LogP contribution in [0.15, 0.2) is 0 Å². The monoisotopic (exact) mass is 685 g/mol. The summed E-state index contributed by atoms with van der Waals surface area (Å²) in [7, 11) is -4.46. The summed E-state index contributed by atoms with van der Waals surface area (Å²) in [5.41, 5.74) is 6.08. The number of fused-ring (bicyclic) bond motifs is 5. The summed E-state index contributed by atoms with van der Waals surface area (Å²) in [5.74, 6) is 3.20. The highest BCUT2D eigenvalue weighted by atomic mass is 32.3. The van der Waals surface area contributed by atoms with Crippen LogP contribution in [0.2, 0.25) is 0 Å². The van der Waals surface area contributed by atoms with Gasteiger partial charge in [0, 0.05) is 6.04 Å². The molecule has 47 heavy (non-hydrogen) atoms. The number of hydrogen-bond donors (Lipinski definition) is 6. The van der Waals surface area contributed by atoms with Crippen molar-refractivity contribution < 1.29 is 22.3 Å². The van der Waals surface area contributed by atoms with Crippen LogP contribution in [-0.4, -0.2) is 75.6 Å². The molecule has 4 fully saturated rings. The van der Waals surface area contributed by atoms with E-state index in [9.17, 15) is 18.1 Å². The van der Waals surface area contributed by atoms with Crippen molar-refractivity contribution in [1.82, 2.24) is 16.0 Å². The van der Waals surface area contributed by atoms with E-state index >= 15 is 0 Å². The Morgan fingerprint density at radius 3 is 2.13 bits per heavy atom. The minimum Gasteiger partial charge on any atom is -0.393 e. The molecule has 4 aliphatic carbocycles. The summed E-state index contributed by atoms with van der Waals surface area (Å²) in [6, 6.07) is 0.571. The number of rotatable bonds is 20. The lowest BCUT2D eigenvalue weighted by molar-refractivity contribution is -0.167. The van der Waals surface area contributed by atoms with Gasteiger partial charge in [-0.05, 0) is 181 Å². The SMILES string of the molecule is CC(C)[C@@H](CC[C@@H](C)C1CC[C@H]2[C@@H]3[C@H](O)C[C@H]4C[C@@H](NCCCNCCCCNCCCN)CC[C@]4(C)[C@H]3CC[C@]12C)OS(=O)(=O)O. The van der Waals surface area contributed by atoms with E-state index in [4.69, 9.17) is 9.92 Å². The van der Waals surface area contributed by atoms with Crippen molar-refractivity contribution >= 4 is 10.4 Å². The molecule has 0 amide bonds. The van der Waals surface area contributed by atoms with Gasteiger partial charge in [-0.15, -0.1) is 0 Å². The molecule has 1 unspecified atom stereocenters. The highest BCUT2D eigenvalue weighted by Gasteiger charge is 2.62. The number of aliphatic hydroxyl groups is 1. The van der Waals surface area contributed by atoms with Crippen molar-refractivity contribution in [1.29, 1.82) is 0 Å². The maximum absolute atomic E-state index is 11.8. The molecule has 0 aromatic carbocycles. The van der Waals surface area contributed by atoms with Gasteiger partial charge >= 0.3 is 10.4 Å². The van der Waals surface area contributed by atoms with E-state index in [1.165, 1.54) is 57.8 Å². The average molecular weight is 685 g/mol. The van der Waals surface area contributed by atoms with Crippen molar-refractivity contribution in [3.8, 4) is 0 Å². The average Bonchev–Trinajstić information content (AvgIpc) is 3.36. The second-order valence-electron chi connectivity index (χ2n) is 17.0. The molecular formula is C37H72N4O5S. The Hall–Kier alpha value is -0.330. The molecule has 10 heteroatoms. The predicted molar refractivity (Wildman–Crippen MR) is 191 cm³/mol. The van der Waals surface area contributed by atoms with Gasteiger partial charge in [0.25, 0.3) is 0 Å². The fourth-order valence-corrected chi connectivity index (χ4v) is 11.8. The Kier molecular flexibility index (Phi) is 14.9. The minimum absolute atomic E-state index is 0.0137. The second kappa shape index (κ2) is 17.7. The molecule has 4 aliphatic rings. The first-order valence-corrected chi connectivity index (χ1v) is 20.8. The summed E-state index contributed by atoms with van der Waals surface area (Å²) >= 11 is 0. The Balaban J connectivity index is 1.23. The van der Waals surface area contributed by atoms with Gasteiger partial charge < -0.3 is 26.8 Å². The second-order valence-corrected chi connectivity index (χ2v) is 18.1. The lowest BCUT2D eigenvalue weighted by Gasteiger charge is -2.62. The van der Waals surface area contributed by atoms with E-state index in [2.05, 4.69) is 36.7 Å². The summed E-state index contributed by atoms with van der Waals surface area (Å²) in [4.78, 5) is 0. The zero-order valence-electron chi connectivity index (χ0n) is 30.5. The topological polar surface area (TPSA) is 146 Å². The minimum atomic E-state index is -4.46. The molecular weight excluding hydrogens is 612 g/mol. The number of unbranched alkanes of at least 4 members (excludes halogenated alkanes) is 1. The smallest absolute Gasteiger partial charge is 0.393 e. The molecule has 276 valence electrons. The van der Waals surface area contributed by atoms with Crippen LogP contribution in [0, 0.1) is 52.3 Å². The molecule has 0 spiro atoms. The van der Waals surface area contributed by atoms with E-state index < -0.39 is 16.5 Å². The number of nitrogens with two attached hydrogens (primary N) is 1. The number of hydrogen-bond acceptors (Lipinski definition) is 8. The van der Waals surface area contributed by atoms with Crippen molar-refractivity contribution in [3.05, 3.63) is 0 Å². The van der Waals surface area contributed by atoms with E-state index in [0.717, 1.165) is 65.0 Å². The van der Waals surface area contributed by atoms with Gasteiger partial charge in [0.2, 0.25) is 0 Å². The molecule has 0 aromatic heterocycles. The van der Waals surface area contributed by atoms with Crippen LogP contribution in [0.1, 0.15) is 125 Å². The molecule has 0 aromatic rings. The third-order valence-electron chi connectivity index (χ3n) is 13.8. The summed E-state index contributed by atoms with van der Waals surface area (Å²) in [6.45, 7) is 17.4. The molecule has 7 N–H and O–H groups in total. The number of nitrogens with one attached hydrogen (secondary N) is 3. The van der Waals surface area contributed by atoms with Gasteiger partial charge in [0.05, 0.1) is 12.2 Å². The molecule has 0 aliphatic heterocycles. The standard InChI is InChI=1S/C37H72N4O5S/c1-26(2)34(46-47(43,44)45)13-10-27(3)30-11-12-31-35-32(15-17-37(30,31)5)36(4)16-14-29(24-28(36)25-33(35)42)41-23-9-22-40-20-7-6-19-39-21-8-18-38/h26-35,39-42H,6-25,38H2,1-5H3,(H,43,44,45)/t27-,28-,29+,30?,31+,32+,33-,34-,35+,36+,37-/m1/s1. The molecule has 11 atom stereocenters. The van der Waals surface area contributed by atoms with E-state index in [-0.39, 0.29) is 17.4 Å². The quantitative estimate of drug-likeness (QED) is 0.0720. The van der Waals surface area contributed by atoms with Crippen molar-refractivity contribution in [3.63, 3.8) is 0 Å². The van der Waals surface area contributed by atoms with Gasteiger partial charge in [-0.25, -0.2) is 4.18 Å². The number of aliphatic hydroxyl groups excluding tert-OH is 1. The molecule has 0 bridgehead atoms. The third-order valence-corrected chi connectivity index (χ3v) is 14.3. The first-order chi connectivity index (χ1) is 22.3. The van der Waals surface area contributed by atoms with Gasteiger partial charge in [-0.3, -0.25) is 4.55 Å². The van der Waals surface area contributed by atoms with Gasteiger partial charge in [0.1, 0.15) is 0 Å². The van der Waals surface area contributed by atoms with Crippen LogP contribution in [-0.2, 0) is 14.6 Å². The fourth-order valence-electron chi connectivity index (χ4n) is 11.2. The van der Waals surface area contributed by atoms with Crippen LogP contribution in [0.3, 0.4) is 0 Å². The van der Waals surface area contributed by atoms with Crippen molar-refractivity contribution in [2.75, 3.05) is 39.3 Å². The van der Waals surface area contributed by atoms with Gasteiger partial charge in [-0.2, -0.15) is 8.42 Å². The lowest BCUT2D eigenvalue weighted by Crippen LogP contribution is -2.59. The highest BCUT2D eigenvalue weighted by Crippen LogP contribution is 2.68. The van der Waals surface area contributed by atoms with E-state index in [1.807, 2.05) is 13.8 Å². The molecule has 0 radical (unpaired) electrons. The predicted octanol–water partition coefficient (Wildman–Crippen LogP) is 5.53. The molecule has 0 saturated heterocycles. The molecule has 9 nitrogen and oxygen atoms in total. The summed E-state index contributed by atoms with van der Waals surface area (Å²) < 4.78 is 37.2. The van der Waals surface area contributed by atoms with Crippen molar-refractivity contribution in [2.45, 2.75) is 143 Å². The van der Waals surface area contributed by atoms with Crippen LogP contribution in [0.25, 0.3) is 0 Å². The van der Waals surface area contributed by atoms with E-state index in [1.54, 1.807) is 0 Å². The largest absolute Gasteiger partial charge is 0.397 e. The maximum Gasteiger partial charge on any atom is 0.397 e. The Bertz CT molecular complexity index is 1050. The molecule has 4 saturated carbocycles. The first-order valence-electron chi connectivity index (χ1n) is 19.5.